The Labute approximate surface area is 62.9 Å². The molecule has 0 fully saturated rings. The lowest BCUT2D eigenvalue weighted by molar-refractivity contribution is 0.995. The molecule has 0 bridgehead atoms. The molecule has 0 aromatic carbocycles. The van der Waals surface area contributed by atoms with Crippen LogP contribution in [0.2, 0.25) is 0 Å². The average molecular weight is 133 g/mol. The minimum absolute atomic E-state index is 1.13. The Morgan fingerprint density at radius 3 is 2.40 bits per heavy atom. The monoisotopic (exact) mass is 133 g/mol. The largest absolute Gasteiger partial charge is 0.0882 e. The molecule has 0 heteroatoms. The summed E-state index contributed by atoms with van der Waals surface area (Å²) < 4.78 is 0. The Morgan fingerprint density at radius 2 is 1.50 bits per heavy atom. The van der Waals surface area contributed by atoms with E-state index in [1.54, 1.807) is 0 Å². The van der Waals surface area contributed by atoms with Gasteiger partial charge in [-0.2, -0.15) is 0 Å². The Kier molecular flexibility index (Phi) is 3.69. The molecule has 0 heterocycles. The Hall–Kier alpha value is -0.780. The molecule has 1 radical (unpaired) electrons. The van der Waals surface area contributed by atoms with Crippen LogP contribution in [0.3, 0.4) is 0 Å². The molecule has 0 saturated heterocycles. The summed E-state index contributed by atoms with van der Waals surface area (Å²) >= 11 is 0. The van der Waals surface area contributed by atoms with Gasteiger partial charge in [0.25, 0.3) is 0 Å². The fraction of sp³-hybridized carbons (Fsp3) is 0.400. The maximum atomic E-state index is 3.12. The van der Waals surface area contributed by atoms with Gasteiger partial charge >= 0.3 is 0 Å². The first kappa shape index (κ1) is 7.33. The SMILES string of the molecule is [C]1=C\CC/C=C\CC\C=C/1. The molecule has 0 unspecified atom stereocenters. The lowest BCUT2D eigenvalue weighted by Crippen LogP contribution is -1.70. The molecule has 0 saturated carbocycles. The quantitative estimate of drug-likeness (QED) is 0.445. The number of rotatable bonds is 0. The highest BCUT2D eigenvalue weighted by Gasteiger charge is 1.80. The summed E-state index contributed by atoms with van der Waals surface area (Å²) in [4.78, 5) is 0. The van der Waals surface area contributed by atoms with Crippen LogP contribution in [0.15, 0.2) is 30.4 Å². The van der Waals surface area contributed by atoms with Gasteiger partial charge in [0.15, 0.2) is 0 Å². The molecule has 0 nitrogen and oxygen atoms in total. The molecular weight excluding hydrogens is 120 g/mol. The molecule has 10 heavy (non-hydrogen) atoms. The molecule has 0 spiro atoms. The van der Waals surface area contributed by atoms with E-state index >= 15 is 0 Å². The highest BCUT2D eigenvalue weighted by molar-refractivity contribution is 4.98. The number of hydrogen-bond acceptors (Lipinski definition) is 0. The van der Waals surface area contributed by atoms with Gasteiger partial charge in [0.1, 0.15) is 0 Å². The van der Waals surface area contributed by atoms with Gasteiger partial charge in [-0.25, -0.2) is 0 Å². The van der Waals surface area contributed by atoms with Crippen LogP contribution in [0.1, 0.15) is 25.7 Å². The highest BCUT2D eigenvalue weighted by Crippen LogP contribution is 1.99. The van der Waals surface area contributed by atoms with Gasteiger partial charge in [-0.3, -0.25) is 0 Å². The van der Waals surface area contributed by atoms with Crippen molar-refractivity contribution in [2.75, 3.05) is 0 Å². The molecule has 0 N–H and O–H groups in total. The summed E-state index contributed by atoms with van der Waals surface area (Å²) in [5, 5.41) is 0. The molecule has 0 amide bonds. The van der Waals surface area contributed by atoms with Crippen molar-refractivity contribution >= 4 is 0 Å². The first-order valence-electron chi connectivity index (χ1n) is 3.88. The van der Waals surface area contributed by atoms with E-state index in [2.05, 4.69) is 30.4 Å². The van der Waals surface area contributed by atoms with E-state index in [1.807, 2.05) is 6.08 Å². The standard InChI is InChI=1S/C10H13/c1-2-4-6-8-10-9-7-5-3-1/h1-2,7-9H,3-6H2/b2-1-,9-7-,10-8?. The minimum atomic E-state index is 1.13. The second-order valence-corrected chi connectivity index (χ2v) is 2.40. The van der Waals surface area contributed by atoms with Crippen LogP contribution in [0.5, 0.6) is 0 Å². The molecule has 0 aromatic rings. The third-order valence-electron chi connectivity index (χ3n) is 1.48. The average Bonchev–Trinajstić information content (AvgIpc) is 2.01. The third-order valence-corrected chi connectivity index (χ3v) is 1.48. The van der Waals surface area contributed by atoms with E-state index in [9.17, 15) is 0 Å². The molecule has 1 aliphatic carbocycles. The Morgan fingerprint density at radius 1 is 0.800 bits per heavy atom. The summed E-state index contributed by atoms with van der Waals surface area (Å²) in [5.74, 6) is 0. The van der Waals surface area contributed by atoms with Crippen molar-refractivity contribution in [2.24, 2.45) is 0 Å². The van der Waals surface area contributed by atoms with Crippen LogP contribution in [0, 0.1) is 6.08 Å². The first-order chi connectivity index (χ1) is 5.00. The van der Waals surface area contributed by atoms with Gasteiger partial charge in [-0.1, -0.05) is 30.4 Å². The van der Waals surface area contributed by atoms with Gasteiger partial charge in [0.2, 0.25) is 0 Å². The predicted octanol–water partition coefficient (Wildman–Crippen LogP) is 3.03. The van der Waals surface area contributed by atoms with Crippen LogP contribution in [-0.4, -0.2) is 0 Å². The van der Waals surface area contributed by atoms with E-state index < -0.39 is 0 Å². The molecule has 53 valence electrons. The molecule has 1 aliphatic rings. The van der Waals surface area contributed by atoms with E-state index in [1.165, 1.54) is 12.8 Å². The summed E-state index contributed by atoms with van der Waals surface area (Å²) in [7, 11) is 0. The van der Waals surface area contributed by atoms with Crippen molar-refractivity contribution in [3.05, 3.63) is 36.5 Å². The van der Waals surface area contributed by atoms with Crippen LogP contribution in [-0.2, 0) is 0 Å². The van der Waals surface area contributed by atoms with Crippen LogP contribution in [0.4, 0.5) is 0 Å². The van der Waals surface area contributed by atoms with Crippen LogP contribution < -0.4 is 0 Å². The molecule has 1 rings (SSSR count). The minimum Gasteiger partial charge on any atom is -0.0882 e. The summed E-state index contributed by atoms with van der Waals surface area (Å²) in [6.07, 6.45) is 18.5. The Balaban J connectivity index is 2.38. The summed E-state index contributed by atoms with van der Waals surface area (Å²) in [5.41, 5.74) is 0. The van der Waals surface area contributed by atoms with Crippen molar-refractivity contribution in [3.8, 4) is 0 Å². The second kappa shape index (κ2) is 5.04. The lowest BCUT2D eigenvalue weighted by Gasteiger charge is -1.89. The molecule has 0 aromatic heterocycles. The second-order valence-electron chi connectivity index (χ2n) is 2.40. The summed E-state index contributed by atoms with van der Waals surface area (Å²) in [6, 6.07) is 0. The van der Waals surface area contributed by atoms with E-state index in [-0.39, 0.29) is 0 Å². The highest BCUT2D eigenvalue weighted by atomic mass is 13.9. The van der Waals surface area contributed by atoms with E-state index in [0.717, 1.165) is 12.8 Å². The topological polar surface area (TPSA) is 0 Å². The van der Waals surface area contributed by atoms with Crippen molar-refractivity contribution in [2.45, 2.75) is 25.7 Å². The maximum absolute atomic E-state index is 3.12. The van der Waals surface area contributed by atoms with Crippen molar-refractivity contribution < 1.29 is 0 Å². The van der Waals surface area contributed by atoms with Crippen LogP contribution >= 0.6 is 0 Å². The third kappa shape index (κ3) is 3.29. The van der Waals surface area contributed by atoms with Gasteiger partial charge in [0, 0.05) is 0 Å². The van der Waals surface area contributed by atoms with Crippen molar-refractivity contribution in [3.63, 3.8) is 0 Å². The smallest absolute Gasteiger partial charge is 0.0230 e. The zero-order valence-corrected chi connectivity index (χ0v) is 6.22. The first-order valence-corrected chi connectivity index (χ1v) is 3.88. The van der Waals surface area contributed by atoms with E-state index in [4.69, 9.17) is 0 Å². The van der Waals surface area contributed by atoms with Gasteiger partial charge in [0.05, 0.1) is 0 Å². The normalized spacial score (nSPS) is 28.8. The predicted molar refractivity (Wildman–Crippen MR) is 44.6 cm³/mol. The molecule has 0 aliphatic heterocycles. The number of hydrogen-bond donors (Lipinski definition) is 0. The zero-order chi connectivity index (χ0) is 7.07. The van der Waals surface area contributed by atoms with E-state index in [0.29, 0.717) is 0 Å². The van der Waals surface area contributed by atoms with Crippen LogP contribution in [0.25, 0.3) is 0 Å². The van der Waals surface area contributed by atoms with Gasteiger partial charge in [-0.05, 0) is 31.8 Å². The fourth-order valence-electron chi connectivity index (χ4n) is 0.910. The van der Waals surface area contributed by atoms with Gasteiger partial charge < -0.3 is 0 Å². The Bertz CT molecular complexity index is 131. The summed E-state index contributed by atoms with van der Waals surface area (Å²) in [6.45, 7) is 0. The molecular formula is C10H13. The van der Waals surface area contributed by atoms with Gasteiger partial charge in [-0.15, -0.1) is 0 Å². The maximum Gasteiger partial charge on any atom is -0.0230 e. The zero-order valence-electron chi connectivity index (χ0n) is 6.22. The van der Waals surface area contributed by atoms with Crippen molar-refractivity contribution in [1.29, 1.82) is 0 Å². The number of allylic oxidation sites excluding steroid dienone is 6. The van der Waals surface area contributed by atoms with Crippen molar-refractivity contribution in [1.82, 2.24) is 0 Å². The fourth-order valence-corrected chi connectivity index (χ4v) is 0.910. The lowest BCUT2D eigenvalue weighted by atomic mass is 10.2. The molecule has 0 atom stereocenters.